The average molecular weight is 320 g/mol. The molecule has 0 bridgehead atoms. The van der Waals surface area contributed by atoms with Crippen molar-refractivity contribution >= 4 is 21.8 Å². The van der Waals surface area contributed by atoms with Gasteiger partial charge in [0.2, 0.25) is 5.91 Å². The van der Waals surface area contributed by atoms with Crippen LogP contribution in [0.15, 0.2) is 22.8 Å². The molecule has 0 radical (unpaired) electrons. The highest BCUT2D eigenvalue weighted by Crippen LogP contribution is 2.49. The fourth-order valence-electron chi connectivity index (χ4n) is 1.50. The van der Waals surface area contributed by atoms with Crippen molar-refractivity contribution in [3.8, 4) is 0 Å². The number of pyridine rings is 1. The van der Waals surface area contributed by atoms with E-state index in [1.165, 1.54) is 7.05 Å². The molecule has 0 saturated heterocycles. The molecule has 1 aromatic rings. The summed E-state index contributed by atoms with van der Waals surface area (Å²) < 4.78 is 26.3. The van der Waals surface area contributed by atoms with Gasteiger partial charge in [0.25, 0.3) is 5.92 Å². The average Bonchev–Trinajstić information content (AvgIpc) is 2.96. The van der Waals surface area contributed by atoms with E-state index in [-0.39, 0.29) is 6.42 Å². The molecule has 1 aliphatic rings. The zero-order valence-electron chi connectivity index (χ0n) is 9.66. The third-order valence-corrected chi connectivity index (χ3v) is 3.21. The number of nitrogens with one attached hydrogen (secondary N) is 1. The molecule has 18 heavy (non-hydrogen) atoms. The smallest absolute Gasteiger partial charge is 0.260 e. The van der Waals surface area contributed by atoms with Crippen LogP contribution in [0.4, 0.5) is 8.78 Å². The van der Waals surface area contributed by atoms with Crippen LogP contribution in [-0.2, 0) is 11.3 Å². The van der Waals surface area contributed by atoms with E-state index >= 15 is 0 Å². The Hall–Kier alpha value is -1.08. The predicted octanol–water partition coefficient (Wildman–Crippen LogP) is 1.96. The molecule has 0 aromatic carbocycles. The fourth-order valence-corrected chi connectivity index (χ4v) is 1.74. The van der Waals surface area contributed by atoms with E-state index in [9.17, 15) is 13.6 Å². The Morgan fingerprint density at radius 1 is 1.67 bits per heavy atom. The third kappa shape index (κ3) is 3.02. The summed E-state index contributed by atoms with van der Waals surface area (Å²) in [5.41, 5.74) is 3.47. The van der Waals surface area contributed by atoms with E-state index in [1.807, 2.05) is 6.07 Å². The second-order valence-electron chi connectivity index (χ2n) is 4.22. The van der Waals surface area contributed by atoms with E-state index in [1.54, 1.807) is 12.3 Å². The van der Waals surface area contributed by atoms with Crippen molar-refractivity contribution in [3.05, 3.63) is 28.5 Å². The normalized spacial score (nSPS) is 20.6. The minimum absolute atomic E-state index is 0.313. The maximum absolute atomic E-state index is 12.7. The van der Waals surface area contributed by atoms with Gasteiger partial charge >= 0.3 is 0 Å². The number of alkyl halides is 2. The number of aromatic nitrogens is 1. The summed E-state index contributed by atoms with van der Waals surface area (Å²) in [6, 6.07) is 3.60. The number of hydrogen-bond acceptors (Lipinski definition) is 3. The van der Waals surface area contributed by atoms with E-state index in [4.69, 9.17) is 0 Å². The van der Waals surface area contributed by atoms with Gasteiger partial charge in [-0.25, -0.2) is 14.2 Å². The summed E-state index contributed by atoms with van der Waals surface area (Å²) in [4.78, 5) is 15.7. The van der Waals surface area contributed by atoms with Gasteiger partial charge in [-0.05, 0) is 28.1 Å². The molecule has 1 fully saturated rings. The molecular weight excluding hydrogens is 308 g/mol. The molecule has 1 aromatic heterocycles. The molecule has 98 valence electrons. The lowest BCUT2D eigenvalue weighted by atomic mass is 10.3. The van der Waals surface area contributed by atoms with Gasteiger partial charge < -0.3 is 0 Å². The SMILES string of the molecule is CN(NCc1ccc(Br)cn1)C(=O)C1CC1(F)F. The molecule has 1 atom stereocenters. The first-order chi connectivity index (χ1) is 8.40. The van der Waals surface area contributed by atoms with Crippen molar-refractivity contribution in [3.63, 3.8) is 0 Å². The van der Waals surface area contributed by atoms with Crippen molar-refractivity contribution in [2.24, 2.45) is 5.92 Å². The van der Waals surface area contributed by atoms with Gasteiger partial charge in [0.1, 0.15) is 5.92 Å². The van der Waals surface area contributed by atoms with E-state index in [0.717, 1.165) is 15.2 Å². The zero-order valence-corrected chi connectivity index (χ0v) is 11.2. The molecule has 1 heterocycles. The van der Waals surface area contributed by atoms with Crippen LogP contribution in [0.1, 0.15) is 12.1 Å². The van der Waals surface area contributed by atoms with Crippen LogP contribution >= 0.6 is 15.9 Å². The molecule has 1 N–H and O–H groups in total. The van der Waals surface area contributed by atoms with Crippen LogP contribution in [0, 0.1) is 5.92 Å². The number of nitrogens with zero attached hydrogens (tertiary/aromatic N) is 2. The number of carbonyl (C=O) groups is 1. The first-order valence-electron chi connectivity index (χ1n) is 5.39. The number of hydrogen-bond donors (Lipinski definition) is 1. The van der Waals surface area contributed by atoms with Crippen molar-refractivity contribution < 1.29 is 13.6 Å². The highest BCUT2D eigenvalue weighted by Gasteiger charge is 2.62. The Morgan fingerprint density at radius 2 is 2.33 bits per heavy atom. The molecule has 1 amide bonds. The summed E-state index contributed by atoms with van der Waals surface area (Å²) >= 11 is 3.26. The first kappa shape index (κ1) is 13.4. The van der Waals surface area contributed by atoms with E-state index in [2.05, 4.69) is 26.3 Å². The second kappa shape index (κ2) is 4.89. The largest absolute Gasteiger partial charge is 0.280 e. The Kier molecular flexibility index (Phi) is 3.63. The molecule has 1 unspecified atom stereocenters. The highest BCUT2D eigenvalue weighted by atomic mass is 79.9. The fraction of sp³-hybridized carbons (Fsp3) is 0.455. The Labute approximate surface area is 111 Å². The molecule has 7 heteroatoms. The van der Waals surface area contributed by atoms with Crippen molar-refractivity contribution in [1.82, 2.24) is 15.4 Å². The van der Waals surface area contributed by atoms with Gasteiger partial charge in [-0.1, -0.05) is 0 Å². The number of hydrazine groups is 1. The minimum Gasteiger partial charge on any atom is -0.280 e. The van der Waals surface area contributed by atoms with E-state index in [0.29, 0.717) is 6.54 Å². The van der Waals surface area contributed by atoms with Crippen molar-refractivity contribution in [2.75, 3.05) is 7.05 Å². The summed E-state index contributed by atoms with van der Waals surface area (Å²) in [6.07, 6.45) is 1.28. The Bertz CT molecular complexity index is 452. The second-order valence-corrected chi connectivity index (χ2v) is 5.13. The number of amides is 1. The molecule has 1 aliphatic carbocycles. The topological polar surface area (TPSA) is 45.2 Å². The van der Waals surface area contributed by atoms with Crippen LogP contribution in [0.5, 0.6) is 0 Å². The lowest BCUT2D eigenvalue weighted by Crippen LogP contribution is -2.41. The predicted molar refractivity (Wildman–Crippen MR) is 64.6 cm³/mol. The Morgan fingerprint density at radius 3 is 2.83 bits per heavy atom. The maximum atomic E-state index is 12.7. The van der Waals surface area contributed by atoms with Crippen LogP contribution < -0.4 is 5.43 Å². The zero-order chi connectivity index (χ0) is 13.3. The number of rotatable bonds is 4. The van der Waals surface area contributed by atoms with Crippen LogP contribution in [0.2, 0.25) is 0 Å². The first-order valence-corrected chi connectivity index (χ1v) is 6.19. The molecule has 1 saturated carbocycles. The minimum atomic E-state index is -2.83. The van der Waals surface area contributed by atoms with Gasteiger partial charge in [0.05, 0.1) is 12.2 Å². The third-order valence-electron chi connectivity index (χ3n) is 2.74. The number of carbonyl (C=O) groups excluding carboxylic acids is 1. The van der Waals surface area contributed by atoms with Gasteiger partial charge in [-0.2, -0.15) is 0 Å². The summed E-state index contributed by atoms with van der Waals surface area (Å²) in [6.45, 7) is 0.313. The standard InChI is InChI=1S/C11H12BrF2N3O/c1-17(10(18)9-4-11(9,13)14)16-6-8-3-2-7(12)5-15-8/h2-3,5,9,16H,4,6H2,1H3. The highest BCUT2D eigenvalue weighted by molar-refractivity contribution is 9.10. The molecular formula is C11H12BrF2N3O. The van der Waals surface area contributed by atoms with Gasteiger partial charge in [0.15, 0.2) is 0 Å². The summed E-state index contributed by atoms with van der Waals surface area (Å²) in [5, 5.41) is 1.11. The van der Waals surface area contributed by atoms with E-state index < -0.39 is 17.7 Å². The molecule has 0 spiro atoms. The van der Waals surface area contributed by atoms with Gasteiger partial charge in [-0.3, -0.25) is 14.8 Å². The van der Waals surface area contributed by atoms with Crippen LogP contribution in [0.3, 0.4) is 0 Å². The molecule has 2 rings (SSSR count). The monoisotopic (exact) mass is 319 g/mol. The summed E-state index contributed by atoms with van der Waals surface area (Å²) in [5.74, 6) is -4.59. The molecule has 0 aliphatic heterocycles. The van der Waals surface area contributed by atoms with Gasteiger partial charge in [-0.15, -0.1) is 0 Å². The van der Waals surface area contributed by atoms with Gasteiger partial charge in [0, 0.05) is 24.1 Å². The van der Waals surface area contributed by atoms with Crippen LogP contribution in [-0.4, -0.2) is 28.9 Å². The van der Waals surface area contributed by atoms with Crippen molar-refractivity contribution in [1.29, 1.82) is 0 Å². The lowest BCUT2D eigenvalue weighted by molar-refractivity contribution is -0.136. The Balaban J connectivity index is 1.83. The van der Waals surface area contributed by atoms with Crippen LogP contribution in [0.25, 0.3) is 0 Å². The summed E-state index contributed by atoms with van der Waals surface area (Å²) in [7, 11) is 1.44. The number of halogens is 3. The quantitative estimate of drug-likeness (QED) is 0.863. The van der Waals surface area contributed by atoms with Crippen molar-refractivity contribution in [2.45, 2.75) is 18.9 Å². The molecule has 4 nitrogen and oxygen atoms in total. The lowest BCUT2D eigenvalue weighted by Gasteiger charge is -2.18. The maximum Gasteiger partial charge on any atom is 0.260 e.